The fourth-order valence-corrected chi connectivity index (χ4v) is 5.81. The Balaban J connectivity index is 1.53. The third-order valence-electron chi connectivity index (χ3n) is 5.90. The molecule has 2 heterocycles. The summed E-state index contributed by atoms with van der Waals surface area (Å²) in [6.07, 6.45) is -10.1. The van der Waals surface area contributed by atoms with Gasteiger partial charge in [-0.3, -0.25) is 4.79 Å². The molecular weight excluding hydrogens is 606 g/mol. The molecule has 212 valence electrons. The lowest BCUT2D eigenvalue weighted by Gasteiger charge is -2.29. The highest BCUT2D eigenvalue weighted by Gasteiger charge is 2.63. The van der Waals surface area contributed by atoms with Crippen LogP contribution in [-0.4, -0.2) is 43.2 Å². The van der Waals surface area contributed by atoms with Crippen LogP contribution in [0.5, 0.6) is 5.06 Å². The number of hydrogen-bond donors (Lipinski definition) is 2. The van der Waals surface area contributed by atoms with Crippen LogP contribution in [0.4, 0.5) is 35.5 Å². The first kappa shape index (κ1) is 29.2. The molecule has 4 rings (SSSR count). The Kier molecular flexibility index (Phi) is 7.98. The first-order valence-electron chi connectivity index (χ1n) is 11.0. The maximum atomic E-state index is 14.3. The number of benzene rings is 1. The van der Waals surface area contributed by atoms with Crippen LogP contribution in [0, 0.1) is 5.82 Å². The van der Waals surface area contributed by atoms with Crippen LogP contribution in [0.3, 0.4) is 0 Å². The molecule has 1 aliphatic heterocycles. The number of oxime groups is 1. The predicted molar refractivity (Wildman–Crippen MR) is 126 cm³/mol. The Morgan fingerprint density at radius 1 is 1.08 bits per heavy atom. The number of nitrogens with one attached hydrogen (secondary N) is 2. The van der Waals surface area contributed by atoms with Crippen LogP contribution in [0.1, 0.15) is 34.4 Å². The topological polar surface area (TPSA) is 89.0 Å². The molecule has 0 bridgehead atoms. The van der Waals surface area contributed by atoms with Crippen molar-refractivity contribution in [3.63, 3.8) is 0 Å². The van der Waals surface area contributed by atoms with Gasteiger partial charge in [0.05, 0.1) is 21.3 Å². The van der Waals surface area contributed by atoms with Gasteiger partial charge in [-0.25, -0.2) is 9.18 Å². The van der Waals surface area contributed by atoms with Gasteiger partial charge in [-0.15, -0.1) is 0 Å². The van der Waals surface area contributed by atoms with Gasteiger partial charge in [0.2, 0.25) is 5.91 Å². The molecule has 1 unspecified atom stereocenters. The standard InChI is InChI=1S/C22H16Cl2F7N3O4S/c23-12-4-9(5-13(24)16(12)25)20(22(29,30)31)6-14(34-38-20)17-10-2-1-3-11(10)18(39-17)37-19(36)32-7-15(35)33-8-21(26,27)28/h4-5H,1-3,6-8H2,(H,32,36)(H,33,35). The molecular formula is C22H16Cl2F7N3O4S. The number of hydrogen-bond acceptors (Lipinski definition) is 6. The molecule has 0 radical (unpaired) electrons. The first-order valence-corrected chi connectivity index (χ1v) is 12.6. The van der Waals surface area contributed by atoms with Crippen molar-refractivity contribution in [1.29, 1.82) is 0 Å². The summed E-state index contributed by atoms with van der Waals surface area (Å²) >= 11 is 12.3. The van der Waals surface area contributed by atoms with Crippen molar-refractivity contribution < 1.29 is 49.9 Å². The maximum absolute atomic E-state index is 14.3. The molecule has 0 saturated heterocycles. The summed E-state index contributed by atoms with van der Waals surface area (Å²) in [6.45, 7) is -2.38. The molecule has 2 N–H and O–H groups in total. The van der Waals surface area contributed by atoms with Crippen molar-refractivity contribution in [1.82, 2.24) is 10.6 Å². The van der Waals surface area contributed by atoms with Gasteiger partial charge in [-0.1, -0.05) is 39.7 Å². The first-order chi connectivity index (χ1) is 18.1. The normalized spacial score (nSPS) is 18.8. The van der Waals surface area contributed by atoms with E-state index in [0.29, 0.717) is 30.4 Å². The SMILES string of the molecule is O=C(CNC(=O)Oc1sc(C2=NOC(c3cc(Cl)c(F)c(Cl)c3)(C(F)(F)F)C2)c2c1CCC2)NCC(F)(F)F. The number of rotatable bonds is 6. The van der Waals surface area contributed by atoms with Crippen molar-refractivity contribution in [2.45, 2.75) is 43.6 Å². The van der Waals surface area contributed by atoms with Crippen LogP contribution in [0.2, 0.25) is 10.0 Å². The van der Waals surface area contributed by atoms with Crippen LogP contribution in [0.15, 0.2) is 17.3 Å². The van der Waals surface area contributed by atoms with Crippen LogP contribution in [0.25, 0.3) is 0 Å². The van der Waals surface area contributed by atoms with Crippen LogP contribution < -0.4 is 15.4 Å². The van der Waals surface area contributed by atoms with E-state index in [2.05, 4.69) is 5.16 Å². The van der Waals surface area contributed by atoms with E-state index in [4.69, 9.17) is 32.8 Å². The molecule has 1 aromatic heterocycles. The number of ether oxygens (including phenoxy) is 1. The average molecular weight is 622 g/mol. The van der Waals surface area contributed by atoms with Crippen molar-refractivity contribution in [2.75, 3.05) is 13.1 Å². The Hall–Kier alpha value is -2.78. The Morgan fingerprint density at radius 2 is 1.72 bits per heavy atom. The summed E-state index contributed by atoms with van der Waals surface area (Å²) in [4.78, 5) is 28.9. The number of alkyl halides is 6. The number of fused-ring (bicyclic) bond motifs is 1. The minimum Gasteiger partial charge on any atom is -0.399 e. The monoisotopic (exact) mass is 621 g/mol. The van der Waals surface area contributed by atoms with Crippen LogP contribution >= 0.6 is 34.5 Å². The quantitative estimate of drug-likeness (QED) is 0.304. The van der Waals surface area contributed by atoms with Crippen molar-refractivity contribution in [3.8, 4) is 5.06 Å². The zero-order valence-electron chi connectivity index (χ0n) is 19.3. The third kappa shape index (κ3) is 6.04. The second-order valence-corrected chi connectivity index (χ2v) is 10.3. The zero-order valence-corrected chi connectivity index (χ0v) is 21.6. The lowest BCUT2D eigenvalue weighted by atomic mass is 9.87. The summed E-state index contributed by atoms with van der Waals surface area (Å²) in [7, 11) is 0. The molecule has 17 heteroatoms. The molecule has 2 aromatic rings. The number of amides is 2. The molecule has 1 aliphatic carbocycles. The highest BCUT2D eigenvalue weighted by atomic mass is 35.5. The zero-order chi connectivity index (χ0) is 28.8. The minimum absolute atomic E-state index is 0.0331. The van der Waals surface area contributed by atoms with E-state index in [1.54, 1.807) is 5.32 Å². The summed E-state index contributed by atoms with van der Waals surface area (Å²) < 4.78 is 98.6. The molecule has 1 atom stereocenters. The molecule has 7 nitrogen and oxygen atoms in total. The Morgan fingerprint density at radius 3 is 2.33 bits per heavy atom. The van der Waals surface area contributed by atoms with Gasteiger partial charge in [0.15, 0.2) is 10.9 Å². The fourth-order valence-electron chi connectivity index (χ4n) is 4.10. The van der Waals surface area contributed by atoms with Gasteiger partial charge in [0.25, 0.3) is 5.60 Å². The number of nitrogens with zero attached hydrogens (tertiary/aromatic N) is 1. The second kappa shape index (κ2) is 10.7. The van der Waals surface area contributed by atoms with Crippen LogP contribution in [-0.2, 0) is 28.1 Å². The van der Waals surface area contributed by atoms with Gasteiger partial charge in [0, 0.05) is 11.1 Å². The van der Waals surface area contributed by atoms with E-state index in [1.807, 2.05) is 5.32 Å². The molecule has 0 fully saturated rings. The Bertz CT molecular complexity index is 1320. The number of carbonyl (C=O) groups is 2. The van der Waals surface area contributed by atoms with Gasteiger partial charge in [-0.05, 0) is 37.0 Å². The molecule has 0 saturated carbocycles. The van der Waals surface area contributed by atoms with Crippen molar-refractivity contribution >= 4 is 52.3 Å². The van der Waals surface area contributed by atoms with Gasteiger partial charge < -0.3 is 20.2 Å². The van der Waals surface area contributed by atoms with Gasteiger partial charge in [0.1, 0.15) is 18.8 Å². The largest absolute Gasteiger partial charge is 0.435 e. The van der Waals surface area contributed by atoms with Crippen molar-refractivity contribution in [3.05, 3.63) is 49.6 Å². The van der Waals surface area contributed by atoms with Crippen molar-refractivity contribution in [2.24, 2.45) is 5.16 Å². The molecule has 2 amide bonds. The number of thiophene rings is 1. The fraction of sp³-hybridized carbons (Fsp3) is 0.409. The molecule has 39 heavy (non-hydrogen) atoms. The smallest absolute Gasteiger partial charge is 0.399 e. The van der Waals surface area contributed by atoms with E-state index in [1.165, 1.54) is 0 Å². The summed E-state index contributed by atoms with van der Waals surface area (Å²) in [5.41, 5.74) is -2.53. The highest BCUT2D eigenvalue weighted by Crippen LogP contribution is 2.52. The summed E-state index contributed by atoms with van der Waals surface area (Å²) in [5.74, 6) is -2.20. The number of halogens is 9. The van der Waals surface area contributed by atoms with E-state index < -0.39 is 70.9 Å². The maximum Gasteiger partial charge on any atom is 0.435 e. The number of carbonyl (C=O) groups excluding carboxylic acids is 2. The lowest BCUT2D eigenvalue weighted by Crippen LogP contribution is -2.42. The lowest BCUT2D eigenvalue weighted by molar-refractivity contribution is -0.275. The Labute approximate surface area is 229 Å². The van der Waals surface area contributed by atoms with E-state index >= 15 is 0 Å². The van der Waals surface area contributed by atoms with E-state index in [0.717, 1.165) is 23.5 Å². The molecule has 2 aliphatic rings. The van der Waals surface area contributed by atoms with Gasteiger partial charge in [-0.2, -0.15) is 26.3 Å². The second-order valence-electron chi connectivity index (χ2n) is 8.55. The predicted octanol–water partition coefficient (Wildman–Crippen LogP) is 6.03. The minimum atomic E-state index is -5.02. The molecule has 0 spiro atoms. The van der Waals surface area contributed by atoms with Gasteiger partial charge >= 0.3 is 18.4 Å². The van der Waals surface area contributed by atoms with E-state index in [9.17, 15) is 40.3 Å². The van der Waals surface area contributed by atoms with E-state index in [-0.39, 0.29) is 15.7 Å². The highest BCUT2D eigenvalue weighted by molar-refractivity contribution is 7.16. The molecule has 1 aromatic carbocycles. The third-order valence-corrected chi connectivity index (χ3v) is 7.65. The average Bonchev–Trinajstić information content (AvgIpc) is 3.56. The summed E-state index contributed by atoms with van der Waals surface area (Å²) in [5, 5.41) is 6.03. The summed E-state index contributed by atoms with van der Waals surface area (Å²) in [6, 6.07) is 1.52.